The van der Waals surface area contributed by atoms with E-state index < -0.39 is 29.9 Å². The molecule has 1 saturated carbocycles. The molecule has 6 aliphatic rings. The monoisotopic (exact) mass is 1230 g/mol. The van der Waals surface area contributed by atoms with Crippen molar-refractivity contribution in [1.82, 2.24) is 5.32 Å². The predicted octanol–water partition coefficient (Wildman–Crippen LogP) is 6.62. The number of aliphatic hydroxyl groups is 3. The first-order valence-electron chi connectivity index (χ1n) is 25.2. The molecule has 5 fully saturated rings. The molecule has 0 radical (unpaired) electrons. The zero-order valence-electron chi connectivity index (χ0n) is 43.7. The van der Waals surface area contributed by atoms with Crippen molar-refractivity contribution in [2.75, 3.05) is 66.1 Å². The van der Waals surface area contributed by atoms with Gasteiger partial charge in [-0.15, -0.1) is 0 Å². The second-order valence-electron chi connectivity index (χ2n) is 18.9. The van der Waals surface area contributed by atoms with Gasteiger partial charge in [0.05, 0.1) is 113 Å². The maximum absolute atomic E-state index is 11.7. The van der Waals surface area contributed by atoms with Gasteiger partial charge in [0.2, 0.25) is 5.24 Å². The summed E-state index contributed by atoms with van der Waals surface area (Å²) in [6.07, 6.45) is 5.59. The molecule has 0 spiro atoms. The average molecular weight is 1230 g/mol. The molecule has 77 heavy (non-hydrogen) atoms. The van der Waals surface area contributed by atoms with E-state index in [1.807, 2.05) is 103 Å². The second-order valence-corrected chi connectivity index (χ2v) is 21.7. The number of nitrogens with one attached hydrogen (secondary N) is 1. The van der Waals surface area contributed by atoms with Crippen molar-refractivity contribution in [3.63, 3.8) is 0 Å². The zero-order valence-corrected chi connectivity index (χ0v) is 47.6. The second kappa shape index (κ2) is 38.1. The smallest absolute Gasteiger partial charge is 0.408 e. The summed E-state index contributed by atoms with van der Waals surface area (Å²) in [6, 6.07) is 27.6. The van der Waals surface area contributed by atoms with E-state index in [9.17, 15) is 24.3 Å². The quantitative estimate of drug-likeness (QED) is 0.0208. The molecule has 10 atom stereocenters. The number of benzene rings is 3. The van der Waals surface area contributed by atoms with Crippen LogP contribution >= 0.6 is 43.5 Å². The predicted molar refractivity (Wildman–Crippen MR) is 296 cm³/mol. The Hall–Kier alpha value is -4.52. The standard InChI is InChI=1S/C12H13BrO3.C12H13N3O3.C9H17NO4.C8H7ClO.C5H11NO.C4H7BrO2.C4H6O/c13-10-7-15-8-11(10)16-12(14)6-9-4-2-1-3-5-9;13-15-14-10-7-17-8-11(10)18-12(16)6-9-4-2-1-3-5-9;1-9(2,3)14-8(12)10-6-4-13-5-7(6)11;9-8(10)6-7-4-2-1-3-5-7;6-4-2-1-3-5(4)7;5-3-1-7-2-4(3)6;1-2-4-5-3-1/h1-5,10-11H,6-8H2;1-5,10-11H,6-8H2;6-7,11H,4-5H2,1-3H3,(H,10,12);1-5H,6H2;4-5,7H,1-3,6H2;3-4,6H,1-2H2;1-2H,3-4H2/t10-,11-;10-,11+;6-,7+;;4-,5+;3-,4-;/m100.01./s1. The largest absolute Gasteiger partial charge is 0.459 e. The number of halogens is 3. The summed E-state index contributed by atoms with van der Waals surface area (Å²) >= 11 is 11.8. The Bertz CT molecular complexity index is 2180. The molecule has 20 nitrogen and oxygen atoms in total. The van der Waals surface area contributed by atoms with Crippen LogP contribution in [0.5, 0.6) is 0 Å². The van der Waals surface area contributed by atoms with Crippen molar-refractivity contribution in [2.24, 2.45) is 10.8 Å². The third-order valence-corrected chi connectivity index (χ3v) is 13.0. The van der Waals surface area contributed by atoms with E-state index in [1.54, 1.807) is 20.8 Å². The van der Waals surface area contributed by atoms with Crippen LogP contribution in [-0.4, -0.2) is 169 Å². The summed E-state index contributed by atoms with van der Waals surface area (Å²) in [5.74, 6) is -0.541. The Labute approximate surface area is 472 Å². The summed E-state index contributed by atoms with van der Waals surface area (Å²) in [6.45, 7) is 10.4. The van der Waals surface area contributed by atoms with Gasteiger partial charge >= 0.3 is 18.0 Å². The zero-order chi connectivity index (χ0) is 56.4. The number of alkyl carbamates (subject to hydrolysis) is 1. The van der Waals surface area contributed by atoms with Crippen LogP contribution in [0.3, 0.4) is 0 Å². The minimum Gasteiger partial charge on any atom is -0.459 e. The van der Waals surface area contributed by atoms with E-state index in [1.165, 1.54) is 0 Å². The number of nitrogens with two attached hydrogens (primary N) is 1. The summed E-state index contributed by atoms with van der Waals surface area (Å²) in [7, 11) is 0. The van der Waals surface area contributed by atoms with Gasteiger partial charge in [0, 0.05) is 17.4 Å². The molecule has 23 heteroatoms. The lowest BCUT2D eigenvalue weighted by atomic mass is 10.1. The number of esters is 2. The lowest BCUT2D eigenvalue weighted by molar-refractivity contribution is -0.149. The first kappa shape index (κ1) is 66.8. The Morgan fingerprint density at radius 1 is 0.662 bits per heavy atom. The molecule has 0 unspecified atom stereocenters. The van der Waals surface area contributed by atoms with Gasteiger partial charge in [0.25, 0.3) is 0 Å². The summed E-state index contributed by atoms with van der Waals surface area (Å²) < 4.78 is 40.6. The fourth-order valence-corrected chi connectivity index (χ4v) is 8.04. The van der Waals surface area contributed by atoms with Crippen molar-refractivity contribution in [3.05, 3.63) is 130 Å². The number of ether oxygens (including phenoxy) is 8. The van der Waals surface area contributed by atoms with Crippen molar-refractivity contribution in [1.29, 1.82) is 0 Å². The molecular formula is C54H74Br2ClN5O15. The lowest BCUT2D eigenvalue weighted by Gasteiger charge is -2.22. The SMILES string of the molecule is C1=CCOC1.CC(C)(C)OC(=O)N[C@H]1COC[C@H]1O.N[C@H]1CCC[C@H]1O.O=C(Cc1ccccc1)O[C@@H]1COC[C@H]1Br.O=C(Cl)Cc1ccccc1.O[C@@H]1COC[C@H]1Br.[N-]=[N+]=N[C@H]1COC[C@H]1OC(=O)Cc1ccccc1. The molecule has 3 aromatic rings. The highest BCUT2D eigenvalue weighted by molar-refractivity contribution is 9.09. The molecule has 1 aliphatic carbocycles. The minimum atomic E-state index is -0.637. The maximum atomic E-state index is 11.7. The molecule has 0 aromatic heterocycles. The Morgan fingerprint density at radius 3 is 1.51 bits per heavy atom. The van der Waals surface area contributed by atoms with Crippen LogP contribution in [0.4, 0.5) is 4.79 Å². The first-order chi connectivity index (χ1) is 36.8. The van der Waals surface area contributed by atoms with Crippen LogP contribution in [0.15, 0.2) is 108 Å². The van der Waals surface area contributed by atoms with Crippen molar-refractivity contribution in [3.8, 4) is 0 Å². The number of hydrogen-bond donors (Lipinski definition) is 5. The molecule has 6 N–H and O–H groups in total. The van der Waals surface area contributed by atoms with Crippen molar-refractivity contribution < 1.29 is 72.4 Å². The van der Waals surface area contributed by atoms with E-state index >= 15 is 0 Å². The number of rotatable bonds is 10. The number of amides is 1. The van der Waals surface area contributed by atoms with Crippen LogP contribution < -0.4 is 11.1 Å². The number of hydrogen-bond acceptors (Lipinski definition) is 17. The summed E-state index contributed by atoms with van der Waals surface area (Å²) in [5.41, 5.74) is 16.1. The van der Waals surface area contributed by atoms with E-state index in [0.29, 0.717) is 52.5 Å². The average Bonchev–Trinajstić information content (AvgIpc) is 4.29. The molecule has 5 heterocycles. The molecule has 5 aliphatic heterocycles. The number of azide groups is 1. The highest BCUT2D eigenvalue weighted by Gasteiger charge is 2.32. The van der Waals surface area contributed by atoms with E-state index in [0.717, 1.165) is 49.2 Å². The molecular weight excluding hydrogens is 1150 g/mol. The third-order valence-electron chi connectivity index (χ3n) is 11.2. The topological polar surface area (TPSA) is 290 Å². The number of nitrogens with zero attached hydrogens (tertiary/aromatic N) is 3. The molecule has 426 valence electrons. The number of carbonyl (C=O) groups excluding carboxylic acids is 4. The van der Waals surface area contributed by atoms with Crippen molar-refractivity contribution in [2.45, 2.75) is 123 Å². The Morgan fingerprint density at radius 2 is 1.14 bits per heavy atom. The molecule has 0 bridgehead atoms. The maximum Gasteiger partial charge on any atom is 0.408 e. The first-order valence-corrected chi connectivity index (χ1v) is 27.4. The van der Waals surface area contributed by atoms with Gasteiger partial charge in [0.15, 0.2) is 0 Å². The minimum absolute atomic E-state index is 0.0694. The molecule has 9 rings (SSSR count). The Balaban J connectivity index is 0.000000245. The summed E-state index contributed by atoms with van der Waals surface area (Å²) in [4.78, 5) is 48.0. The van der Waals surface area contributed by atoms with E-state index in [2.05, 4.69) is 47.2 Å². The van der Waals surface area contributed by atoms with Gasteiger partial charge < -0.3 is 64.3 Å². The number of carbonyl (C=O) groups is 4. The Kier molecular flexibility index (Phi) is 33.1. The van der Waals surface area contributed by atoms with Crippen LogP contribution in [0.1, 0.15) is 56.7 Å². The summed E-state index contributed by atoms with van der Waals surface area (Å²) in [5, 5.41) is 32.8. The number of aliphatic hydroxyl groups excluding tert-OH is 3. The van der Waals surface area contributed by atoms with E-state index in [-0.39, 0.29) is 76.9 Å². The van der Waals surface area contributed by atoms with Crippen LogP contribution in [-0.2, 0) is 71.5 Å². The molecule has 3 aromatic carbocycles. The van der Waals surface area contributed by atoms with Gasteiger partial charge in [-0.2, -0.15) is 0 Å². The van der Waals surface area contributed by atoms with Gasteiger partial charge in [0.1, 0.15) is 23.9 Å². The fraction of sp³-hybridized carbons (Fsp3) is 0.556. The molecule has 4 saturated heterocycles. The highest BCUT2D eigenvalue weighted by atomic mass is 79.9. The highest BCUT2D eigenvalue weighted by Crippen LogP contribution is 2.19. The lowest BCUT2D eigenvalue weighted by Crippen LogP contribution is -2.44. The van der Waals surface area contributed by atoms with Gasteiger partial charge in [-0.05, 0) is 73.9 Å². The number of alkyl halides is 2. The van der Waals surface area contributed by atoms with Gasteiger partial charge in [-0.1, -0.05) is 140 Å². The van der Waals surface area contributed by atoms with Gasteiger partial charge in [-0.3, -0.25) is 14.4 Å². The van der Waals surface area contributed by atoms with Gasteiger partial charge in [-0.25, -0.2) is 4.79 Å². The van der Waals surface area contributed by atoms with E-state index in [4.69, 9.17) is 71.0 Å². The normalized spacial score (nSPS) is 25.4. The molecule has 1 amide bonds. The van der Waals surface area contributed by atoms with Crippen LogP contribution in [0, 0.1) is 0 Å². The van der Waals surface area contributed by atoms with Crippen LogP contribution in [0.25, 0.3) is 10.4 Å². The van der Waals surface area contributed by atoms with Crippen molar-refractivity contribution >= 4 is 66.7 Å². The van der Waals surface area contributed by atoms with Crippen LogP contribution in [0.2, 0.25) is 0 Å². The third kappa shape index (κ3) is 30.4. The fourth-order valence-electron chi connectivity index (χ4n) is 7.09.